The maximum atomic E-state index is 12.5. The Morgan fingerprint density at radius 3 is 2.70 bits per heavy atom. The highest BCUT2D eigenvalue weighted by Crippen LogP contribution is 2.33. The lowest BCUT2D eigenvalue weighted by Crippen LogP contribution is -2.37. The number of hydrogen-bond acceptors (Lipinski definition) is 9. The number of nitrogens with one attached hydrogen (secondary N) is 1. The van der Waals surface area contributed by atoms with Crippen LogP contribution in [0.3, 0.4) is 0 Å². The Balaban J connectivity index is 1.63. The first-order valence-corrected chi connectivity index (χ1v) is 9.15. The number of aromatic nitrogens is 4. The lowest BCUT2D eigenvalue weighted by Gasteiger charge is -2.19. The molecule has 1 aliphatic rings. The summed E-state index contributed by atoms with van der Waals surface area (Å²) in [6, 6.07) is 8.62. The summed E-state index contributed by atoms with van der Waals surface area (Å²) in [5.74, 6) is -0.779. The molecule has 3 N–H and O–H groups in total. The Morgan fingerprint density at radius 2 is 2.00 bits per heavy atom. The fourth-order valence-electron chi connectivity index (χ4n) is 3.33. The van der Waals surface area contributed by atoms with Gasteiger partial charge >= 0.3 is 5.97 Å². The van der Waals surface area contributed by atoms with Crippen molar-refractivity contribution < 1.29 is 29.3 Å². The topological polar surface area (TPSA) is 149 Å². The van der Waals surface area contributed by atoms with Crippen molar-refractivity contribution in [2.45, 2.75) is 31.5 Å². The highest BCUT2D eigenvalue weighted by atomic mass is 16.6. The summed E-state index contributed by atoms with van der Waals surface area (Å²) in [4.78, 5) is 36.3. The zero-order valence-electron chi connectivity index (χ0n) is 15.9. The van der Waals surface area contributed by atoms with Gasteiger partial charge in [-0.05, 0) is 12.1 Å². The molecule has 1 fully saturated rings. The third kappa shape index (κ3) is 3.61. The van der Waals surface area contributed by atoms with E-state index in [1.807, 2.05) is 0 Å². The van der Waals surface area contributed by atoms with E-state index in [-0.39, 0.29) is 22.9 Å². The molecular formula is C19H19N5O6. The second-order valence-electron chi connectivity index (χ2n) is 6.68. The highest BCUT2D eigenvalue weighted by molar-refractivity contribution is 6.06. The van der Waals surface area contributed by atoms with Crippen LogP contribution < -0.4 is 5.32 Å². The Morgan fingerprint density at radius 1 is 1.23 bits per heavy atom. The molecule has 4 atom stereocenters. The molecule has 11 heteroatoms. The summed E-state index contributed by atoms with van der Waals surface area (Å²) in [6.07, 6.45) is -1.62. The molecule has 4 rings (SSSR count). The van der Waals surface area contributed by atoms with Gasteiger partial charge in [0.25, 0.3) is 5.91 Å². The Bertz CT molecular complexity index is 1070. The second-order valence-corrected chi connectivity index (χ2v) is 6.68. The molecule has 11 nitrogen and oxygen atoms in total. The monoisotopic (exact) mass is 413 g/mol. The number of fused-ring (bicyclic) bond motifs is 1. The molecule has 1 aliphatic heterocycles. The lowest BCUT2D eigenvalue weighted by molar-refractivity contribution is -0.153. The third-order valence-corrected chi connectivity index (χ3v) is 4.69. The molecule has 1 aromatic carbocycles. The predicted molar refractivity (Wildman–Crippen MR) is 102 cm³/mol. The van der Waals surface area contributed by atoms with Gasteiger partial charge in [0.15, 0.2) is 29.3 Å². The Kier molecular flexibility index (Phi) is 5.40. The first-order chi connectivity index (χ1) is 14.5. The molecule has 3 heterocycles. The first-order valence-electron chi connectivity index (χ1n) is 9.15. The van der Waals surface area contributed by atoms with Crippen molar-refractivity contribution in [3.63, 3.8) is 0 Å². The number of amides is 1. The fourth-order valence-corrected chi connectivity index (χ4v) is 3.33. The van der Waals surface area contributed by atoms with Crippen molar-refractivity contribution in [1.29, 1.82) is 0 Å². The number of aliphatic hydroxyl groups excluding tert-OH is 2. The van der Waals surface area contributed by atoms with Crippen LogP contribution in [-0.4, -0.2) is 66.5 Å². The van der Waals surface area contributed by atoms with E-state index in [1.54, 1.807) is 30.3 Å². The van der Waals surface area contributed by atoms with Gasteiger partial charge in [0.05, 0.1) is 12.9 Å². The summed E-state index contributed by atoms with van der Waals surface area (Å²) in [7, 11) is 0. The van der Waals surface area contributed by atoms with Crippen LogP contribution in [0.15, 0.2) is 43.0 Å². The van der Waals surface area contributed by atoms with Gasteiger partial charge in [0.1, 0.15) is 18.5 Å². The molecule has 3 aromatic rings. The molecule has 0 unspecified atom stereocenters. The molecule has 0 aliphatic carbocycles. The highest BCUT2D eigenvalue weighted by Gasteiger charge is 2.47. The number of hydrogen-bond donors (Lipinski definition) is 3. The molecule has 30 heavy (non-hydrogen) atoms. The standard InChI is InChI=1S/C19H19N5O6/c1-10(26)29-15-12(7-25)30-19(14(15)27)24-9-22-13-16(20-8-21-17(13)24)23-18(28)11-5-3-2-4-6-11/h2-6,8-9,12,14-15,19,25,27H,7H2,1H3,(H,20,21,23,28)/t12-,14-,15-,19-/m1/s1. The van der Waals surface area contributed by atoms with Gasteiger partial charge in [-0.2, -0.15) is 0 Å². The number of rotatable bonds is 5. The predicted octanol–water partition coefficient (Wildman–Crippen LogP) is 0.261. The van der Waals surface area contributed by atoms with E-state index in [0.717, 1.165) is 0 Å². The van der Waals surface area contributed by atoms with Crippen molar-refractivity contribution in [2.24, 2.45) is 0 Å². The van der Waals surface area contributed by atoms with E-state index in [0.29, 0.717) is 5.56 Å². The molecule has 0 saturated carbocycles. The van der Waals surface area contributed by atoms with E-state index < -0.39 is 37.1 Å². The van der Waals surface area contributed by atoms with Crippen LogP contribution in [0.1, 0.15) is 23.5 Å². The van der Waals surface area contributed by atoms with Crippen LogP contribution in [0.2, 0.25) is 0 Å². The zero-order valence-corrected chi connectivity index (χ0v) is 15.9. The Hall–Kier alpha value is -3.41. The van der Waals surface area contributed by atoms with Crippen LogP contribution in [0.5, 0.6) is 0 Å². The number of carbonyl (C=O) groups is 2. The number of esters is 1. The van der Waals surface area contributed by atoms with Gasteiger partial charge in [-0.1, -0.05) is 18.2 Å². The van der Waals surface area contributed by atoms with Gasteiger partial charge in [-0.15, -0.1) is 0 Å². The molecule has 0 bridgehead atoms. The minimum Gasteiger partial charge on any atom is -0.457 e. The van der Waals surface area contributed by atoms with Crippen molar-refractivity contribution >= 4 is 28.9 Å². The van der Waals surface area contributed by atoms with E-state index in [1.165, 1.54) is 24.1 Å². The molecule has 1 saturated heterocycles. The molecule has 2 aromatic heterocycles. The van der Waals surface area contributed by atoms with E-state index in [9.17, 15) is 19.8 Å². The maximum absolute atomic E-state index is 12.5. The van der Waals surface area contributed by atoms with Crippen molar-refractivity contribution in [2.75, 3.05) is 11.9 Å². The van der Waals surface area contributed by atoms with E-state index in [4.69, 9.17) is 9.47 Å². The van der Waals surface area contributed by atoms with Gasteiger partial charge < -0.3 is 25.0 Å². The average Bonchev–Trinajstić information content (AvgIpc) is 3.30. The SMILES string of the molecule is CC(=O)O[C@H]1[C@@H](O)[C@H](n2cnc3c(NC(=O)c4ccccc4)ncnc32)O[C@@H]1CO. The largest absolute Gasteiger partial charge is 0.457 e. The normalized spacial score (nSPS) is 23.4. The summed E-state index contributed by atoms with van der Waals surface area (Å²) in [5, 5.41) is 22.8. The molecular weight excluding hydrogens is 394 g/mol. The molecule has 0 spiro atoms. The van der Waals surface area contributed by atoms with Gasteiger partial charge in [-0.25, -0.2) is 15.0 Å². The number of imidazole rings is 1. The van der Waals surface area contributed by atoms with E-state index >= 15 is 0 Å². The summed E-state index contributed by atoms with van der Waals surface area (Å²) in [5.41, 5.74) is 1.03. The van der Waals surface area contributed by atoms with Crippen LogP contribution in [0, 0.1) is 0 Å². The van der Waals surface area contributed by atoms with Gasteiger partial charge in [0.2, 0.25) is 0 Å². The fraction of sp³-hybridized carbons (Fsp3) is 0.316. The quantitative estimate of drug-likeness (QED) is 0.501. The number of benzene rings is 1. The summed E-state index contributed by atoms with van der Waals surface area (Å²) in [6.45, 7) is 0.752. The second kappa shape index (κ2) is 8.14. The minimum absolute atomic E-state index is 0.190. The van der Waals surface area contributed by atoms with Crippen LogP contribution in [-0.2, 0) is 14.3 Å². The van der Waals surface area contributed by atoms with Crippen molar-refractivity contribution in [1.82, 2.24) is 19.5 Å². The van der Waals surface area contributed by atoms with Crippen LogP contribution >= 0.6 is 0 Å². The minimum atomic E-state index is -1.26. The maximum Gasteiger partial charge on any atom is 0.303 e. The van der Waals surface area contributed by atoms with Gasteiger partial charge in [0, 0.05) is 12.5 Å². The lowest BCUT2D eigenvalue weighted by atomic mass is 10.1. The van der Waals surface area contributed by atoms with Crippen molar-refractivity contribution in [3.8, 4) is 0 Å². The van der Waals surface area contributed by atoms with Crippen molar-refractivity contribution in [3.05, 3.63) is 48.5 Å². The average molecular weight is 413 g/mol. The van der Waals surface area contributed by atoms with Gasteiger partial charge in [-0.3, -0.25) is 14.2 Å². The van der Waals surface area contributed by atoms with Crippen LogP contribution in [0.25, 0.3) is 11.2 Å². The molecule has 1 amide bonds. The number of carbonyl (C=O) groups excluding carboxylic acids is 2. The molecule has 156 valence electrons. The van der Waals surface area contributed by atoms with Crippen LogP contribution in [0.4, 0.5) is 5.82 Å². The Labute approximate surface area is 170 Å². The summed E-state index contributed by atoms with van der Waals surface area (Å²) >= 11 is 0. The first kappa shape index (κ1) is 19.9. The summed E-state index contributed by atoms with van der Waals surface area (Å²) < 4.78 is 12.2. The number of aliphatic hydroxyl groups is 2. The number of ether oxygens (including phenoxy) is 2. The molecule has 0 radical (unpaired) electrons. The number of nitrogens with zero attached hydrogens (tertiary/aromatic N) is 4. The number of anilines is 1. The zero-order chi connectivity index (χ0) is 21.3. The van der Waals surface area contributed by atoms with E-state index in [2.05, 4.69) is 20.3 Å². The third-order valence-electron chi connectivity index (χ3n) is 4.69. The smallest absolute Gasteiger partial charge is 0.303 e.